The molecule has 6 heteroatoms. The summed E-state index contributed by atoms with van der Waals surface area (Å²) in [6.07, 6.45) is 2.40. The molecule has 0 bridgehead atoms. The van der Waals surface area contributed by atoms with Crippen LogP contribution < -0.4 is 5.32 Å². The van der Waals surface area contributed by atoms with Crippen LogP contribution in [0.4, 0.5) is 0 Å². The zero-order valence-electron chi connectivity index (χ0n) is 12.8. The molecule has 0 aliphatic heterocycles. The third kappa shape index (κ3) is 3.77. The fourth-order valence-corrected chi connectivity index (χ4v) is 4.46. The van der Waals surface area contributed by atoms with E-state index in [0.717, 1.165) is 11.1 Å². The molecule has 21 heavy (non-hydrogen) atoms. The van der Waals surface area contributed by atoms with Crippen LogP contribution in [0.2, 0.25) is 5.02 Å². The van der Waals surface area contributed by atoms with Crippen LogP contribution in [0.5, 0.6) is 0 Å². The molecule has 4 nitrogen and oxygen atoms in total. The molecule has 0 unspecified atom stereocenters. The summed E-state index contributed by atoms with van der Waals surface area (Å²) < 4.78 is 26.9. The Morgan fingerprint density at radius 2 is 1.90 bits per heavy atom. The minimum Gasteiger partial charge on any atom is -0.310 e. The Hall–Kier alpha value is -0.620. The van der Waals surface area contributed by atoms with Gasteiger partial charge in [0.05, 0.1) is 4.90 Å². The van der Waals surface area contributed by atoms with Gasteiger partial charge in [0.2, 0.25) is 10.0 Å². The van der Waals surface area contributed by atoms with Gasteiger partial charge in [0.15, 0.2) is 0 Å². The highest BCUT2D eigenvalue weighted by atomic mass is 35.5. The van der Waals surface area contributed by atoms with Crippen molar-refractivity contribution in [1.82, 2.24) is 9.62 Å². The molecule has 1 N–H and O–H groups in total. The van der Waals surface area contributed by atoms with Crippen LogP contribution >= 0.6 is 11.6 Å². The van der Waals surface area contributed by atoms with Crippen LogP contribution in [0.25, 0.3) is 0 Å². The number of nitrogens with zero attached hydrogens (tertiary/aromatic N) is 1. The first-order chi connectivity index (χ1) is 9.90. The van der Waals surface area contributed by atoms with E-state index in [-0.39, 0.29) is 0 Å². The number of benzene rings is 1. The third-order valence-electron chi connectivity index (χ3n) is 3.91. The van der Waals surface area contributed by atoms with E-state index in [0.29, 0.717) is 35.6 Å². The normalized spacial score (nSPS) is 15.7. The Morgan fingerprint density at radius 1 is 1.29 bits per heavy atom. The molecule has 0 aromatic heterocycles. The highest BCUT2D eigenvalue weighted by Crippen LogP contribution is 2.28. The van der Waals surface area contributed by atoms with E-state index in [4.69, 9.17) is 11.6 Å². The molecule has 1 aliphatic carbocycles. The number of nitrogens with one attached hydrogen (secondary N) is 1. The maximum atomic E-state index is 12.7. The summed E-state index contributed by atoms with van der Waals surface area (Å²) in [5.41, 5.74) is 1.75. The van der Waals surface area contributed by atoms with E-state index in [1.54, 1.807) is 6.07 Å². The number of sulfonamides is 1. The van der Waals surface area contributed by atoms with E-state index in [2.05, 4.69) is 5.32 Å². The molecule has 0 heterocycles. The van der Waals surface area contributed by atoms with E-state index >= 15 is 0 Å². The Balaban J connectivity index is 2.38. The first-order valence-corrected chi connectivity index (χ1v) is 9.24. The molecule has 0 amide bonds. The van der Waals surface area contributed by atoms with Crippen molar-refractivity contribution in [2.24, 2.45) is 0 Å². The van der Waals surface area contributed by atoms with Crippen molar-refractivity contribution in [3.63, 3.8) is 0 Å². The van der Waals surface area contributed by atoms with E-state index in [9.17, 15) is 8.42 Å². The predicted octanol–water partition coefficient (Wildman–Crippen LogP) is 2.93. The van der Waals surface area contributed by atoms with Crippen LogP contribution in [0.1, 0.15) is 37.8 Å². The van der Waals surface area contributed by atoms with Gasteiger partial charge in [0.1, 0.15) is 0 Å². The van der Waals surface area contributed by atoms with Gasteiger partial charge < -0.3 is 5.32 Å². The molecule has 2 rings (SSSR count). The third-order valence-corrected chi connectivity index (χ3v) is 6.31. The Labute approximate surface area is 132 Å². The van der Waals surface area contributed by atoms with Crippen molar-refractivity contribution in [3.8, 4) is 0 Å². The lowest BCUT2D eigenvalue weighted by molar-refractivity contribution is 0.444. The van der Waals surface area contributed by atoms with Gasteiger partial charge in [-0.15, -0.1) is 0 Å². The van der Waals surface area contributed by atoms with Crippen molar-refractivity contribution in [1.29, 1.82) is 0 Å². The first-order valence-electron chi connectivity index (χ1n) is 7.42. The Bertz CT molecular complexity index is 608. The summed E-state index contributed by atoms with van der Waals surface area (Å²) in [4.78, 5) is 0.325. The van der Waals surface area contributed by atoms with E-state index in [1.807, 2.05) is 26.8 Å². The molecule has 1 saturated carbocycles. The maximum absolute atomic E-state index is 12.7. The van der Waals surface area contributed by atoms with Crippen LogP contribution in [-0.2, 0) is 16.6 Å². The minimum atomic E-state index is -3.48. The molecule has 0 spiro atoms. The number of rotatable bonds is 7. The summed E-state index contributed by atoms with van der Waals surface area (Å²) in [6.45, 7) is 7.13. The van der Waals surface area contributed by atoms with Gasteiger partial charge >= 0.3 is 0 Å². The van der Waals surface area contributed by atoms with E-state index < -0.39 is 10.0 Å². The monoisotopic (exact) mass is 330 g/mol. The fraction of sp³-hybridized carbons (Fsp3) is 0.600. The topological polar surface area (TPSA) is 49.4 Å². The van der Waals surface area contributed by atoms with Gasteiger partial charge in [-0.3, -0.25) is 0 Å². The summed E-state index contributed by atoms with van der Waals surface area (Å²) in [7, 11) is -3.48. The second kappa shape index (κ2) is 6.65. The first kappa shape index (κ1) is 16.7. The van der Waals surface area contributed by atoms with Crippen molar-refractivity contribution >= 4 is 21.6 Å². The fourth-order valence-electron chi connectivity index (χ4n) is 2.40. The molecular weight excluding hydrogens is 308 g/mol. The molecular formula is C15H23ClN2O2S. The van der Waals surface area contributed by atoms with Crippen molar-refractivity contribution in [3.05, 3.63) is 28.3 Å². The van der Waals surface area contributed by atoms with Crippen LogP contribution in [0.3, 0.4) is 0 Å². The molecule has 0 saturated heterocycles. The highest BCUT2D eigenvalue weighted by Gasteiger charge is 2.26. The molecule has 1 aromatic rings. The zero-order valence-corrected chi connectivity index (χ0v) is 14.4. The Morgan fingerprint density at radius 3 is 2.43 bits per heavy atom. The average Bonchev–Trinajstić information content (AvgIpc) is 3.24. The van der Waals surface area contributed by atoms with Gasteiger partial charge in [-0.05, 0) is 43.0 Å². The molecule has 118 valence electrons. The lowest BCUT2D eigenvalue weighted by Crippen LogP contribution is -2.31. The van der Waals surface area contributed by atoms with Gasteiger partial charge in [-0.2, -0.15) is 4.31 Å². The molecule has 1 aliphatic rings. The minimum absolute atomic E-state index is 0.325. The SMILES string of the molecule is CCN(CC)S(=O)(=O)c1cc(Cl)cc(CNC2CC2)c1C. The van der Waals surface area contributed by atoms with Crippen LogP contribution in [-0.4, -0.2) is 31.9 Å². The van der Waals surface area contributed by atoms with Gasteiger partial charge in [0.25, 0.3) is 0 Å². The van der Waals surface area contributed by atoms with Crippen molar-refractivity contribution < 1.29 is 8.42 Å². The predicted molar refractivity (Wildman–Crippen MR) is 86.2 cm³/mol. The van der Waals surface area contributed by atoms with Crippen molar-refractivity contribution in [2.45, 2.75) is 51.1 Å². The zero-order chi connectivity index (χ0) is 15.6. The second-order valence-corrected chi connectivity index (χ2v) is 7.78. The summed E-state index contributed by atoms with van der Waals surface area (Å²) in [5, 5.41) is 3.88. The van der Waals surface area contributed by atoms with Gasteiger partial charge in [-0.1, -0.05) is 25.4 Å². The lowest BCUT2D eigenvalue weighted by atomic mass is 10.1. The van der Waals surface area contributed by atoms with Crippen LogP contribution in [0.15, 0.2) is 17.0 Å². The summed E-state index contributed by atoms with van der Waals surface area (Å²) in [5.74, 6) is 0. The molecule has 0 atom stereocenters. The molecule has 1 aromatic carbocycles. The van der Waals surface area contributed by atoms with Gasteiger partial charge in [-0.25, -0.2) is 8.42 Å². The molecule has 0 radical (unpaired) electrons. The summed E-state index contributed by atoms with van der Waals surface area (Å²) in [6, 6.07) is 3.99. The standard InChI is InChI=1S/C15H23ClN2O2S/c1-4-18(5-2)21(19,20)15-9-13(16)8-12(11(15)3)10-17-14-6-7-14/h8-9,14,17H,4-7,10H2,1-3H3. The summed E-state index contributed by atoms with van der Waals surface area (Å²) >= 11 is 6.14. The maximum Gasteiger partial charge on any atom is 0.243 e. The Kier molecular flexibility index (Phi) is 5.30. The number of hydrogen-bond acceptors (Lipinski definition) is 3. The highest BCUT2D eigenvalue weighted by molar-refractivity contribution is 7.89. The largest absolute Gasteiger partial charge is 0.310 e. The lowest BCUT2D eigenvalue weighted by Gasteiger charge is -2.21. The second-order valence-electron chi connectivity index (χ2n) is 5.43. The number of hydrogen-bond donors (Lipinski definition) is 1. The quantitative estimate of drug-likeness (QED) is 0.836. The average molecular weight is 331 g/mol. The number of halogens is 1. The molecule has 1 fully saturated rings. The van der Waals surface area contributed by atoms with E-state index in [1.165, 1.54) is 17.1 Å². The van der Waals surface area contributed by atoms with Crippen molar-refractivity contribution in [2.75, 3.05) is 13.1 Å². The smallest absolute Gasteiger partial charge is 0.243 e. The van der Waals surface area contributed by atoms with Gasteiger partial charge in [0, 0.05) is 30.7 Å². The van der Waals surface area contributed by atoms with Crippen LogP contribution in [0, 0.1) is 6.92 Å².